The highest BCUT2D eigenvalue weighted by molar-refractivity contribution is 6.00. The molecule has 6 heteroatoms. The number of H-pyrrole nitrogens is 1. The molecule has 3 N–H and O–H groups in total. The average Bonchev–Trinajstić information content (AvgIpc) is 2.77. The SMILES string of the molecule is Cc1c(C(=O)N(C)CC(O)CO)[nH]c2c(F)cccc12. The van der Waals surface area contributed by atoms with E-state index in [2.05, 4.69) is 4.98 Å². The summed E-state index contributed by atoms with van der Waals surface area (Å²) in [5, 5.41) is 18.8. The van der Waals surface area contributed by atoms with Crippen LogP contribution in [0, 0.1) is 12.7 Å². The molecule has 0 aliphatic rings. The molecule has 0 aliphatic carbocycles. The highest BCUT2D eigenvalue weighted by atomic mass is 19.1. The molecular formula is C14H17FN2O3. The van der Waals surface area contributed by atoms with Crippen LogP contribution in [0.2, 0.25) is 0 Å². The summed E-state index contributed by atoms with van der Waals surface area (Å²) >= 11 is 0. The number of aromatic amines is 1. The summed E-state index contributed by atoms with van der Waals surface area (Å²) < 4.78 is 13.7. The number of aromatic nitrogens is 1. The highest BCUT2D eigenvalue weighted by Crippen LogP contribution is 2.24. The number of carbonyl (C=O) groups is 1. The molecule has 2 aromatic rings. The second-order valence-corrected chi connectivity index (χ2v) is 4.81. The number of aliphatic hydroxyl groups excluding tert-OH is 2. The molecule has 5 nitrogen and oxygen atoms in total. The van der Waals surface area contributed by atoms with Gasteiger partial charge < -0.3 is 20.1 Å². The van der Waals surface area contributed by atoms with Crippen LogP contribution in [0.5, 0.6) is 0 Å². The smallest absolute Gasteiger partial charge is 0.270 e. The zero-order valence-corrected chi connectivity index (χ0v) is 11.4. The maximum Gasteiger partial charge on any atom is 0.270 e. The van der Waals surface area contributed by atoms with E-state index in [9.17, 15) is 14.3 Å². The fraction of sp³-hybridized carbons (Fsp3) is 0.357. The van der Waals surface area contributed by atoms with Gasteiger partial charge >= 0.3 is 0 Å². The van der Waals surface area contributed by atoms with E-state index in [-0.39, 0.29) is 18.1 Å². The highest BCUT2D eigenvalue weighted by Gasteiger charge is 2.21. The summed E-state index contributed by atoms with van der Waals surface area (Å²) in [6.45, 7) is 1.33. The number of aryl methyl sites for hydroxylation is 1. The minimum atomic E-state index is -0.995. The van der Waals surface area contributed by atoms with Crippen molar-refractivity contribution in [2.75, 3.05) is 20.2 Å². The molecule has 108 valence electrons. The molecule has 1 amide bonds. The number of nitrogens with zero attached hydrogens (tertiary/aromatic N) is 1. The van der Waals surface area contributed by atoms with E-state index in [1.54, 1.807) is 19.1 Å². The Morgan fingerprint density at radius 3 is 2.80 bits per heavy atom. The summed E-state index contributed by atoms with van der Waals surface area (Å²) in [5.41, 5.74) is 1.25. The molecule has 1 atom stereocenters. The number of likely N-dealkylation sites (N-methyl/N-ethyl adjacent to an activating group) is 1. The van der Waals surface area contributed by atoms with Crippen molar-refractivity contribution in [1.29, 1.82) is 0 Å². The van der Waals surface area contributed by atoms with Gasteiger partial charge in [-0.25, -0.2) is 4.39 Å². The maximum absolute atomic E-state index is 13.7. The molecule has 0 saturated carbocycles. The summed E-state index contributed by atoms with van der Waals surface area (Å²) in [5.74, 6) is -0.770. The first kappa shape index (κ1) is 14.5. The van der Waals surface area contributed by atoms with Crippen LogP contribution in [0.4, 0.5) is 4.39 Å². The van der Waals surface area contributed by atoms with Gasteiger partial charge in [0.25, 0.3) is 5.91 Å². The van der Waals surface area contributed by atoms with Gasteiger partial charge in [-0.05, 0) is 18.6 Å². The van der Waals surface area contributed by atoms with Crippen molar-refractivity contribution in [3.8, 4) is 0 Å². The molecule has 1 heterocycles. The summed E-state index contributed by atoms with van der Waals surface area (Å²) in [6.07, 6.45) is -0.995. The Labute approximate surface area is 115 Å². The third kappa shape index (κ3) is 2.52. The summed E-state index contributed by atoms with van der Waals surface area (Å²) in [4.78, 5) is 16.4. The van der Waals surface area contributed by atoms with Gasteiger partial charge in [0.15, 0.2) is 0 Å². The number of amides is 1. The standard InChI is InChI=1S/C14H17FN2O3/c1-8-10-4-3-5-11(15)13(10)16-12(8)14(20)17(2)6-9(19)7-18/h3-5,9,16,18-19H,6-7H2,1-2H3. The van der Waals surface area contributed by atoms with Crippen LogP contribution < -0.4 is 0 Å². The molecule has 20 heavy (non-hydrogen) atoms. The predicted molar refractivity (Wildman–Crippen MR) is 73.0 cm³/mol. The van der Waals surface area contributed by atoms with Gasteiger partial charge in [-0.15, -0.1) is 0 Å². The van der Waals surface area contributed by atoms with Gasteiger partial charge in [-0.2, -0.15) is 0 Å². The van der Waals surface area contributed by atoms with Crippen LogP contribution in [-0.4, -0.2) is 52.3 Å². The van der Waals surface area contributed by atoms with Gasteiger partial charge in [-0.1, -0.05) is 12.1 Å². The Kier molecular flexibility index (Phi) is 4.06. The molecule has 1 aromatic heterocycles. The number of hydrogen-bond donors (Lipinski definition) is 3. The molecule has 0 saturated heterocycles. The van der Waals surface area contributed by atoms with E-state index in [1.807, 2.05) is 0 Å². The summed E-state index contributed by atoms with van der Waals surface area (Å²) in [7, 11) is 1.52. The lowest BCUT2D eigenvalue weighted by molar-refractivity contribution is 0.0516. The van der Waals surface area contributed by atoms with Crippen LogP contribution >= 0.6 is 0 Å². The topological polar surface area (TPSA) is 76.6 Å². The molecule has 0 fully saturated rings. The maximum atomic E-state index is 13.7. The minimum Gasteiger partial charge on any atom is -0.394 e. The zero-order chi connectivity index (χ0) is 14.9. The largest absolute Gasteiger partial charge is 0.394 e. The minimum absolute atomic E-state index is 0.00657. The van der Waals surface area contributed by atoms with Crippen molar-refractivity contribution in [3.63, 3.8) is 0 Å². The van der Waals surface area contributed by atoms with E-state index in [0.29, 0.717) is 16.5 Å². The first-order valence-corrected chi connectivity index (χ1v) is 6.27. The number of fused-ring (bicyclic) bond motifs is 1. The Morgan fingerprint density at radius 2 is 2.20 bits per heavy atom. The number of para-hydroxylation sites is 1. The first-order valence-electron chi connectivity index (χ1n) is 6.27. The fourth-order valence-corrected chi connectivity index (χ4v) is 2.18. The van der Waals surface area contributed by atoms with Gasteiger partial charge in [0.1, 0.15) is 11.5 Å². The first-order chi connectivity index (χ1) is 9.45. The van der Waals surface area contributed by atoms with E-state index in [0.717, 1.165) is 0 Å². The normalized spacial score (nSPS) is 12.7. The number of carbonyl (C=O) groups excluding carboxylic acids is 1. The van der Waals surface area contributed by atoms with Gasteiger partial charge in [-0.3, -0.25) is 4.79 Å². The molecule has 0 bridgehead atoms. The molecule has 2 rings (SSSR count). The summed E-state index contributed by atoms with van der Waals surface area (Å²) in [6, 6.07) is 4.65. The molecule has 0 radical (unpaired) electrons. The van der Waals surface area contributed by atoms with Crippen molar-refractivity contribution in [1.82, 2.24) is 9.88 Å². The lowest BCUT2D eigenvalue weighted by Crippen LogP contribution is -2.36. The van der Waals surface area contributed by atoms with E-state index < -0.39 is 18.5 Å². The van der Waals surface area contributed by atoms with Crippen molar-refractivity contribution in [3.05, 3.63) is 35.3 Å². The zero-order valence-electron chi connectivity index (χ0n) is 11.4. The van der Waals surface area contributed by atoms with Gasteiger partial charge in [0, 0.05) is 19.0 Å². The van der Waals surface area contributed by atoms with Crippen LogP contribution in [0.25, 0.3) is 10.9 Å². The second kappa shape index (κ2) is 5.60. The molecule has 1 unspecified atom stereocenters. The van der Waals surface area contributed by atoms with Gasteiger partial charge in [0.05, 0.1) is 18.2 Å². The fourth-order valence-electron chi connectivity index (χ4n) is 2.18. The van der Waals surface area contributed by atoms with Crippen molar-refractivity contribution in [2.24, 2.45) is 0 Å². The Morgan fingerprint density at radius 1 is 1.50 bits per heavy atom. The Bertz CT molecular complexity index is 639. The quantitative estimate of drug-likeness (QED) is 0.783. The third-order valence-electron chi connectivity index (χ3n) is 3.30. The number of halogens is 1. The van der Waals surface area contributed by atoms with Crippen LogP contribution in [0.1, 0.15) is 16.1 Å². The van der Waals surface area contributed by atoms with Crippen LogP contribution in [0.3, 0.4) is 0 Å². The van der Waals surface area contributed by atoms with Crippen LogP contribution in [-0.2, 0) is 0 Å². The average molecular weight is 280 g/mol. The number of hydrogen-bond acceptors (Lipinski definition) is 3. The molecular weight excluding hydrogens is 263 g/mol. The molecule has 0 aliphatic heterocycles. The second-order valence-electron chi connectivity index (χ2n) is 4.81. The number of aliphatic hydroxyl groups is 2. The van der Waals surface area contributed by atoms with Crippen molar-refractivity contribution in [2.45, 2.75) is 13.0 Å². The monoisotopic (exact) mass is 280 g/mol. The third-order valence-corrected chi connectivity index (χ3v) is 3.30. The van der Waals surface area contributed by atoms with E-state index in [1.165, 1.54) is 18.0 Å². The Balaban J connectivity index is 2.35. The van der Waals surface area contributed by atoms with E-state index in [4.69, 9.17) is 5.11 Å². The number of rotatable bonds is 4. The Hall–Kier alpha value is -1.92. The van der Waals surface area contributed by atoms with Gasteiger partial charge in [0.2, 0.25) is 0 Å². The predicted octanol–water partition coefficient (Wildman–Crippen LogP) is 1.04. The van der Waals surface area contributed by atoms with E-state index >= 15 is 0 Å². The lowest BCUT2D eigenvalue weighted by Gasteiger charge is -2.19. The van der Waals surface area contributed by atoms with Crippen molar-refractivity contribution < 1.29 is 19.4 Å². The van der Waals surface area contributed by atoms with Crippen LogP contribution in [0.15, 0.2) is 18.2 Å². The number of nitrogens with one attached hydrogen (secondary N) is 1. The molecule has 0 spiro atoms. The number of benzene rings is 1. The van der Waals surface area contributed by atoms with Crippen molar-refractivity contribution >= 4 is 16.8 Å². The molecule has 1 aromatic carbocycles. The lowest BCUT2D eigenvalue weighted by atomic mass is 10.1.